The van der Waals surface area contributed by atoms with Gasteiger partial charge in [0.25, 0.3) is 5.91 Å². The first-order valence-electron chi connectivity index (χ1n) is 6.42. The van der Waals surface area contributed by atoms with E-state index < -0.39 is 0 Å². The highest BCUT2D eigenvalue weighted by Gasteiger charge is 2.14. The number of rotatable bonds is 4. The first-order valence-corrected chi connectivity index (χ1v) is 6.42. The number of hydrogen-bond acceptors (Lipinski definition) is 3. The number of carbonyl (C=O) groups excluding carboxylic acids is 1. The smallest absolute Gasteiger partial charge is 0.256 e. The molecule has 102 valence electrons. The molecular weight excluding hydrogens is 254 g/mol. The van der Waals surface area contributed by atoms with Crippen molar-refractivity contribution in [2.75, 3.05) is 6.54 Å². The van der Waals surface area contributed by atoms with Crippen LogP contribution < -0.4 is 5.32 Å². The lowest BCUT2D eigenvalue weighted by atomic mass is 10.2. The topological polar surface area (TPSA) is 64.2 Å². The summed E-state index contributed by atoms with van der Waals surface area (Å²) in [7, 11) is 1.89. The van der Waals surface area contributed by atoms with Crippen LogP contribution in [0.1, 0.15) is 16.1 Å². The summed E-state index contributed by atoms with van der Waals surface area (Å²) in [6.07, 6.45) is 7.74. The number of aromatic nitrogens is 4. The summed E-state index contributed by atoms with van der Waals surface area (Å²) in [4.78, 5) is 16.4. The fourth-order valence-electron chi connectivity index (χ4n) is 2.16. The monoisotopic (exact) mass is 269 g/mol. The van der Waals surface area contributed by atoms with Gasteiger partial charge in [-0.1, -0.05) is 6.07 Å². The predicted octanol–water partition coefficient (Wildman–Crippen LogP) is 1.04. The third-order valence-corrected chi connectivity index (χ3v) is 3.17. The largest absolute Gasteiger partial charge is 0.351 e. The van der Waals surface area contributed by atoms with Gasteiger partial charge in [0.05, 0.1) is 6.20 Å². The van der Waals surface area contributed by atoms with Crippen molar-refractivity contribution in [3.8, 4) is 0 Å². The highest BCUT2D eigenvalue weighted by Crippen LogP contribution is 2.10. The Morgan fingerprint density at radius 2 is 2.25 bits per heavy atom. The molecule has 3 heterocycles. The number of pyridine rings is 1. The Labute approximate surface area is 116 Å². The van der Waals surface area contributed by atoms with E-state index in [2.05, 4.69) is 15.4 Å². The van der Waals surface area contributed by atoms with Gasteiger partial charge in [-0.3, -0.25) is 9.78 Å². The van der Waals surface area contributed by atoms with Crippen LogP contribution in [-0.2, 0) is 13.5 Å². The summed E-state index contributed by atoms with van der Waals surface area (Å²) in [6, 6.07) is 5.76. The highest BCUT2D eigenvalue weighted by atomic mass is 16.1. The van der Waals surface area contributed by atoms with Gasteiger partial charge in [0.2, 0.25) is 0 Å². The second kappa shape index (κ2) is 5.16. The number of fused-ring (bicyclic) bond motifs is 1. The first kappa shape index (κ1) is 12.4. The van der Waals surface area contributed by atoms with Crippen molar-refractivity contribution in [1.29, 1.82) is 0 Å². The van der Waals surface area contributed by atoms with Crippen LogP contribution in [0.2, 0.25) is 0 Å². The quantitative estimate of drug-likeness (QED) is 0.769. The van der Waals surface area contributed by atoms with Crippen LogP contribution in [-0.4, -0.2) is 31.6 Å². The van der Waals surface area contributed by atoms with E-state index >= 15 is 0 Å². The Bertz CT molecular complexity index is 728. The molecule has 6 heteroatoms. The summed E-state index contributed by atoms with van der Waals surface area (Å²) < 4.78 is 3.56. The van der Waals surface area contributed by atoms with E-state index in [0.29, 0.717) is 18.5 Å². The van der Waals surface area contributed by atoms with Gasteiger partial charge in [-0.15, -0.1) is 0 Å². The lowest BCUT2D eigenvalue weighted by Crippen LogP contribution is -2.26. The van der Waals surface area contributed by atoms with E-state index in [0.717, 1.165) is 11.3 Å². The van der Waals surface area contributed by atoms with Crippen molar-refractivity contribution >= 4 is 11.6 Å². The number of hydrogen-bond donors (Lipinski definition) is 1. The van der Waals surface area contributed by atoms with Crippen LogP contribution in [0.3, 0.4) is 0 Å². The molecule has 1 amide bonds. The first-order chi connectivity index (χ1) is 9.75. The molecule has 0 aliphatic rings. The van der Waals surface area contributed by atoms with Crippen LogP contribution in [0, 0.1) is 0 Å². The zero-order valence-corrected chi connectivity index (χ0v) is 11.2. The van der Waals surface area contributed by atoms with Crippen LogP contribution >= 0.6 is 0 Å². The Morgan fingerprint density at radius 3 is 3.05 bits per heavy atom. The molecule has 0 bridgehead atoms. The Hall–Kier alpha value is -2.63. The normalized spacial score (nSPS) is 10.8. The van der Waals surface area contributed by atoms with Crippen molar-refractivity contribution in [1.82, 2.24) is 24.5 Å². The van der Waals surface area contributed by atoms with Crippen molar-refractivity contribution < 1.29 is 4.79 Å². The molecule has 3 rings (SSSR count). The standard InChI is InChI=1S/C14H15N5O/c1-18-8-9-19-14(18)12(10-17-19)13(20)16-7-5-11-4-2-3-6-15-11/h2-4,6,8-10H,5,7H2,1H3,(H,16,20). The van der Waals surface area contributed by atoms with Crippen LogP contribution in [0.4, 0.5) is 0 Å². The Morgan fingerprint density at radius 1 is 1.35 bits per heavy atom. The average molecular weight is 269 g/mol. The zero-order valence-electron chi connectivity index (χ0n) is 11.2. The van der Waals surface area contributed by atoms with E-state index in [9.17, 15) is 4.79 Å². The molecule has 0 radical (unpaired) electrons. The van der Waals surface area contributed by atoms with Gasteiger partial charge in [-0.25, -0.2) is 4.52 Å². The number of nitrogens with one attached hydrogen (secondary N) is 1. The maximum Gasteiger partial charge on any atom is 0.256 e. The molecule has 0 saturated heterocycles. The molecule has 0 saturated carbocycles. The van der Waals surface area contributed by atoms with Gasteiger partial charge in [0.1, 0.15) is 11.2 Å². The van der Waals surface area contributed by atoms with E-state index in [1.54, 1.807) is 16.9 Å². The minimum absolute atomic E-state index is 0.113. The van der Waals surface area contributed by atoms with E-state index in [1.165, 1.54) is 0 Å². The number of amides is 1. The van der Waals surface area contributed by atoms with Crippen molar-refractivity contribution in [2.45, 2.75) is 6.42 Å². The van der Waals surface area contributed by atoms with Gasteiger partial charge in [-0.2, -0.15) is 5.10 Å². The maximum absolute atomic E-state index is 12.2. The second-order valence-electron chi connectivity index (χ2n) is 4.56. The Balaban J connectivity index is 1.66. The average Bonchev–Trinajstić information content (AvgIpc) is 3.03. The summed E-state index contributed by atoms with van der Waals surface area (Å²) in [6.45, 7) is 0.553. The molecule has 0 fully saturated rings. The lowest BCUT2D eigenvalue weighted by Gasteiger charge is -2.04. The van der Waals surface area contributed by atoms with Crippen molar-refractivity contribution in [3.05, 3.63) is 54.2 Å². The Kier molecular flexibility index (Phi) is 3.20. The molecule has 3 aromatic heterocycles. The number of aryl methyl sites for hydroxylation is 1. The number of carbonyl (C=O) groups is 1. The highest BCUT2D eigenvalue weighted by molar-refractivity contribution is 5.99. The minimum atomic E-state index is -0.113. The maximum atomic E-state index is 12.2. The molecule has 0 aromatic carbocycles. The molecule has 0 atom stereocenters. The van der Waals surface area contributed by atoms with Crippen LogP contribution in [0.5, 0.6) is 0 Å². The fourth-order valence-corrected chi connectivity index (χ4v) is 2.16. The molecule has 1 N–H and O–H groups in total. The molecule has 0 aliphatic heterocycles. The van der Waals surface area contributed by atoms with Crippen LogP contribution in [0.15, 0.2) is 43.0 Å². The third-order valence-electron chi connectivity index (χ3n) is 3.17. The molecule has 0 spiro atoms. The zero-order chi connectivity index (χ0) is 13.9. The van der Waals surface area contributed by atoms with Gasteiger partial charge in [-0.05, 0) is 12.1 Å². The molecule has 3 aromatic rings. The summed E-state index contributed by atoms with van der Waals surface area (Å²) >= 11 is 0. The van der Waals surface area contributed by atoms with Crippen LogP contribution in [0.25, 0.3) is 5.65 Å². The molecule has 0 aliphatic carbocycles. The van der Waals surface area contributed by atoms with Crippen molar-refractivity contribution in [3.63, 3.8) is 0 Å². The SMILES string of the molecule is Cn1ccn2ncc(C(=O)NCCc3ccccn3)c12. The van der Waals surface area contributed by atoms with Crippen molar-refractivity contribution in [2.24, 2.45) is 7.05 Å². The van der Waals surface area contributed by atoms with E-state index in [4.69, 9.17) is 0 Å². The lowest BCUT2D eigenvalue weighted by molar-refractivity contribution is 0.0955. The summed E-state index contributed by atoms with van der Waals surface area (Å²) in [5.74, 6) is -0.113. The van der Waals surface area contributed by atoms with Gasteiger partial charge in [0.15, 0.2) is 0 Å². The summed E-state index contributed by atoms with van der Waals surface area (Å²) in [5, 5.41) is 7.05. The molecular formula is C14H15N5O. The fraction of sp³-hybridized carbons (Fsp3) is 0.214. The number of nitrogens with zero attached hydrogens (tertiary/aromatic N) is 4. The summed E-state index contributed by atoms with van der Waals surface area (Å²) in [5.41, 5.74) is 2.34. The minimum Gasteiger partial charge on any atom is -0.351 e. The van der Waals surface area contributed by atoms with Gasteiger partial charge in [0, 0.05) is 44.3 Å². The molecule has 20 heavy (non-hydrogen) atoms. The number of imidazole rings is 1. The van der Waals surface area contributed by atoms with Gasteiger partial charge < -0.3 is 9.88 Å². The molecule has 0 unspecified atom stereocenters. The molecule has 6 nitrogen and oxygen atoms in total. The van der Waals surface area contributed by atoms with Gasteiger partial charge >= 0.3 is 0 Å². The third kappa shape index (κ3) is 2.27. The second-order valence-corrected chi connectivity index (χ2v) is 4.56. The van der Waals surface area contributed by atoms with E-state index in [-0.39, 0.29) is 5.91 Å². The predicted molar refractivity (Wildman–Crippen MR) is 74.4 cm³/mol. The van der Waals surface area contributed by atoms with E-state index in [1.807, 2.05) is 42.2 Å².